The number of alkyl halides is 4. The number of ether oxygens (including phenoxy) is 2. The summed E-state index contributed by atoms with van der Waals surface area (Å²) >= 11 is 0. The Morgan fingerprint density at radius 2 is 1.75 bits per heavy atom. The molecule has 3 rings (SSSR count). The lowest BCUT2D eigenvalue weighted by atomic mass is 9.99. The predicted molar refractivity (Wildman–Crippen MR) is 94.5 cm³/mol. The Morgan fingerprint density at radius 1 is 1.07 bits per heavy atom. The molecule has 0 atom stereocenters. The average molecular weight is 424 g/mol. The Bertz CT molecular complexity index is 811. The normalized spacial score (nSPS) is 16.0. The maximum absolute atomic E-state index is 12.6. The van der Waals surface area contributed by atoms with Crippen molar-refractivity contribution in [3.8, 4) is 11.5 Å². The SMILES string of the molecule is Cl.NC1(c2noc(/C=C/c3ccc(OC(F)F)cc3OC(F)F)n2)CCCC1. The van der Waals surface area contributed by atoms with E-state index in [1.807, 2.05) is 0 Å². The van der Waals surface area contributed by atoms with Gasteiger partial charge in [-0.25, -0.2) is 0 Å². The fourth-order valence-electron chi connectivity index (χ4n) is 2.92. The number of rotatable bonds is 7. The molecule has 1 aromatic heterocycles. The van der Waals surface area contributed by atoms with E-state index >= 15 is 0 Å². The summed E-state index contributed by atoms with van der Waals surface area (Å²) < 4.78 is 63.4. The van der Waals surface area contributed by atoms with Crippen LogP contribution in [0.2, 0.25) is 0 Å². The first-order chi connectivity index (χ1) is 12.9. The fourth-order valence-corrected chi connectivity index (χ4v) is 2.92. The van der Waals surface area contributed by atoms with E-state index in [0.717, 1.165) is 31.7 Å². The number of halogens is 5. The van der Waals surface area contributed by atoms with Crippen molar-refractivity contribution in [2.45, 2.75) is 44.4 Å². The molecule has 1 heterocycles. The van der Waals surface area contributed by atoms with Crippen LogP contribution >= 0.6 is 12.4 Å². The van der Waals surface area contributed by atoms with E-state index in [1.165, 1.54) is 24.3 Å². The second-order valence-electron chi connectivity index (χ2n) is 6.11. The summed E-state index contributed by atoms with van der Waals surface area (Å²) in [5.41, 5.74) is 5.83. The topological polar surface area (TPSA) is 83.4 Å². The first kappa shape index (κ1) is 22.0. The fraction of sp³-hybridized carbons (Fsp3) is 0.412. The highest BCUT2D eigenvalue weighted by atomic mass is 35.5. The molecule has 0 radical (unpaired) electrons. The van der Waals surface area contributed by atoms with Gasteiger partial charge in [0.2, 0.25) is 0 Å². The molecule has 0 unspecified atom stereocenters. The van der Waals surface area contributed by atoms with Crippen molar-refractivity contribution in [2.75, 3.05) is 0 Å². The Morgan fingerprint density at radius 3 is 2.39 bits per heavy atom. The summed E-state index contributed by atoms with van der Waals surface area (Å²) in [5.74, 6) is -0.101. The molecular weight excluding hydrogens is 406 g/mol. The van der Waals surface area contributed by atoms with Crippen LogP contribution in [-0.2, 0) is 5.54 Å². The molecule has 0 saturated heterocycles. The van der Waals surface area contributed by atoms with Crippen LogP contribution in [0.5, 0.6) is 11.5 Å². The molecule has 154 valence electrons. The van der Waals surface area contributed by atoms with E-state index in [2.05, 4.69) is 19.6 Å². The summed E-state index contributed by atoms with van der Waals surface area (Å²) in [5, 5.41) is 3.88. The molecule has 2 aromatic rings. The van der Waals surface area contributed by atoms with E-state index in [0.29, 0.717) is 5.82 Å². The van der Waals surface area contributed by atoms with Gasteiger partial charge in [-0.2, -0.15) is 22.5 Å². The number of hydrogen-bond acceptors (Lipinski definition) is 6. The Labute approximate surface area is 164 Å². The van der Waals surface area contributed by atoms with Crippen molar-refractivity contribution in [1.29, 1.82) is 0 Å². The zero-order valence-corrected chi connectivity index (χ0v) is 15.3. The Balaban J connectivity index is 0.00000280. The number of nitrogens with two attached hydrogens (primary N) is 1. The standard InChI is InChI=1S/C17H17F4N3O3.ClH/c18-15(19)25-11-5-3-10(12(9-11)26-16(20)21)4-6-13-23-14(24-27-13)17(22)7-1-2-8-17;/h3-6,9,15-16H,1-2,7-8,22H2;1H/b6-4+;. The molecule has 2 N–H and O–H groups in total. The van der Waals surface area contributed by atoms with E-state index in [1.54, 1.807) is 0 Å². The molecule has 11 heteroatoms. The van der Waals surface area contributed by atoms with Crippen molar-refractivity contribution in [1.82, 2.24) is 10.1 Å². The summed E-state index contributed by atoms with van der Waals surface area (Å²) in [4.78, 5) is 4.22. The molecule has 1 saturated carbocycles. The Kier molecular flexibility index (Phi) is 7.25. The van der Waals surface area contributed by atoms with Crippen molar-refractivity contribution < 1.29 is 31.6 Å². The highest BCUT2D eigenvalue weighted by molar-refractivity contribution is 5.85. The van der Waals surface area contributed by atoms with Gasteiger partial charge in [0.1, 0.15) is 11.5 Å². The monoisotopic (exact) mass is 423 g/mol. The minimum atomic E-state index is -3.13. The summed E-state index contributed by atoms with van der Waals surface area (Å²) in [6.45, 7) is -6.21. The minimum Gasteiger partial charge on any atom is -0.435 e. The summed E-state index contributed by atoms with van der Waals surface area (Å²) in [6, 6.07) is 3.45. The molecule has 6 nitrogen and oxygen atoms in total. The molecule has 0 aliphatic heterocycles. The third-order valence-corrected chi connectivity index (χ3v) is 4.21. The van der Waals surface area contributed by atoms with Gasteiger partial charge in [-0.3, -0.25) is 0 Å². The lowest BCUT2D eigenvalue weighted by Crippen LogP contribution is -2.34. The molecule has 1 aromatic carbocycles. The van der Waals surface area contributed by atoms with E-state index in [4.69, 9.17) is 10.3 Å². The molecule has 28 heavy (non-hydrogen) atoms. The Hall–Kier alpha value is -2.33. The zero-order chi connectivity index (χ0) is 19.4. The van der Waals surface area contributed by atoms with Crippen LogP contribution in [0.15, 0.2) is 22.7 Å². The quantitative estimate of drug-likeness (QED) is 0.656. The van der Waals surface area contributed by atoms with Gasteiger partial charge in [-0.1, -0.05) is 18.0 Å². The van der Waals surface area contributed by atoms with Crippen LogP contribution in [0.25, 0.3) is 12.2 Å². The van der Waals surface area contributed by atoms with Crippen molar-refractivity contribution >= 4 is 24.6 Å². The molecule has 0 amide bonds. The van der Waals surface area contributed by atoms with Crippen molar-refractivity contribution in [3.63, 3.8) is 0 Å². The van der Waals surface area contributed by atoms with Crippen LogP contribution in [0.1, 0.15) is 43.0 Å². The van der Waals surface area contributed by atoms with Crippen LogP contribution in [-0.4, -0.2) is 23.4 Å². The number of benzene rings is 1. The lowest BCUT2D eigenvalue weighted by Gasteiger charge is -2.17. The molecule has 0 spiro atoms. The van der Waals surface area contributed by atoms with Crippen LogP contribution in [0.3, 0.4) is 0 Å². The first-order valence-electron chi connectivity index (χ1n) is 8.20. The van der Waals surface area contributed by atoms with Crippen LogP contribution < -0.4 is 15.2 Å². The third kappa shape index (κ3) is 5.35. The second-order valence-corrected chi connectivity index (χ2v) is 6.11. The highest BCUT2D eigenvalue weighted by Crippen LogP contribution is 2.35. The predicted octanol–water partition coefficient (Wildman–Crippen LogP) is 4.59. The second kappa shape index (κ2) is 9.24. The van der Waals surface area contributed by atoms with Gasteiger partial charge >= 0.3 is 13.2 Å². The molecular formula is C17H18ClF4N3O3. The van der Waals surface area contributed by atoms with Crippen LogP contribution in [0.4, 0.5) is 17.6 Å². The van der Waals surface area contributed by atoms with Crippen LogP contribution in [0, 0.1) is 0 Å². The summed E-state index contributed by atoms with van der Waals surface area (Å²) in [6.07, 6.45) is 6.27. The van der Waals surface area contributed by atoms with E-state index < -0.39 is 18.8 Å². The minimum absolute atomic E-state index is 0. The number of aromatic nitrogens is 2. The van der Waals surface area contributed by atoms with Gasteiger partial charge in [0.15, 0.2) is 5.82 Å². The molecule has 0 bridgehead atoms. The maximum Gasteiger partial charge on any atom is 0.387 e. The highest BCUT2D eigenvalue weighted by Gasteiger charge is 2.35. The van der Waals surface area contributed by atoms with Gasteiger partial charge in [-0.05, 0) is 31.1 Å². The van der Waals surface area contributed by atoms with Gasteiger partial charge in [0.05, 0.1) is 5.54 Å². The maximum atomic E-state index is 12.6. The van der Waals surface area contributed by atoms with E-state index in [-0.39, 0.29) is 35.4 Å². The van der Waals surface area contributed by atoms with Crippen molar-refractivity contribution in [3.05, 3.63) is 35.5 Å². The first-order valence-corrected chi connectivity index (χ1v) is 8.20. The van der Waals surface area contributed by atoms with E-state index in [9.17, 15) is 17.6 Å². The largest absolute Gasteiger partial charge is 0.435 e. The molecule has 1 fully saturated rings. The average Bonchev–Trinajstić information content (AvgIpc) is 3.23. The number of hydrogen-bond donors (Lipinski definition) is 1. The van der Waals surface area contributed by atoms with Crippen molar-refractivity contribution in [2.24, 2.45) is 5.73 Å². The third-order valence-electron chi connectivity index (χ3n) is 4.21. The zero-order valence-electron chi connectivity index (χ0n) is 14.5. The van der Waals surface area contributed by atoms with Gasteiger partial charge in [0.25, 0.3) is 5.89 Å². The molecule has 1 aliphatic carbocycles. The lowest BCUT2D eigenvalue weighted by molar-refractivity contribution is -0.0543. The number of nitrogens with zero attached hydrogens (tertiary/aromatic N) is 2. The summed E-state index contributed by atoms with van der Waals surface area (Å²) in [7, 11) is 0. The smallest absolute Gasteiger partial charge is 0.387 e. The van der Waals surface area contributed by atoms with Gasteiger partial charge in [-0.15, -0.1) is 12.4 Å². The molecule has 1 aliphatic rings. The van der Waals surface area contributed by atoms with Gasteiger partial charge < -0.3 is 19.7 Å². The van der Waals surface area contributed by atoms with Gasteiger partial charge in [0, 0.05) is 17.7 Å².